The van der Waals surface area contributed by atoms with E-state index in [0.717, 1.165) is 16.7 Å². The minimum atomic E-state index is 0.786. The summed E-state index contributed by atoms with van der Waals surface area (Å²) < 4.78 is 1.70. The Morgan fingerprint density at radius 3 is 3.33 bits per heavy atom. The van der Waals surface area contributed by atoms with Gasteiger partial charge in [-0.05, 0) is 6.07 Å². The molecule has 5 heteroatoms. The number of nitrogens with zero attached hydrogens (tertiary/aromatic N) is 4. The highest BCUT2D eigenvalue weighted by atomic mass is 15.3. The zero-order valence-corrected chi connectivity index (χ0v) is 6.10. The van der Waals surface area contributed by atoms with Gasteiger partial charge < -0.3 is 4.98 Å². The van der Waals surface area contributed by atoms with Crippen molar-refractivity contribution < 1.29 is 0 Å². The van der Waals surface area contributed by atoms with Crippen LogP contribution >= 0.6 is 0 Å². The Balaban J connectivity index is 2.71. The fourth-order valence-electron chi connectivity index (χ4n) is 1.28. The van der Waals surface area contributed by atoms with Crippen LogP contribution in [0.2, 0.25) is 0 Å². The Morgan fingerprint density at radius 1 is 1.33 bits per heavy atom. The van der Waals surface area contributed by atoms with Gasteiger partial charge in [-0.2, -0.15) is 5.10 Å². The fraction of sp³-hybridized carbons (Fsp3) is 0. The van der Waals surface area contributed by atoms with Crippen LogP contribution in [0.4, 0.5) is 0 Å². The number of fused-ring (bicyclic) bond motifs is 3. The van der Waals surface area contributed by atoms with Crippen molar-refractivity contribution in [1.29, 1.82) is 0 Å². The second kappa shape index (κ2) is 1.82. The number of aromatic amines is 1. The van der Waals surface area contributed by atoms with Crippen molar-refractivity contribution in [2.75, 3.05) is 0 Å². The molecule has 5 nitrogen and oxygen atoms in total. The summed E-state index contributed by atoms with van der Waals surface area (Å²) in [6.45, 7) is 0. The third-order valence-corrected chi connectivity index (χ3v) is 1.84. The summed E-state index contributed by atoms with van der Waals surface area (Å²) in [5.41, 5.74) is 2.62. The predicted octanol–water partition coefficient (Wildman–Crippen LogP) is 0.606. The zero-order chi connectivity index (χ0) is 7.97. The van der Waals surface area contributed by atoms with Crippen LogP contribution in [0.3, 0.4) is 0 Å². The molecule has 58 valence electrons. The van der Waals surface area contributed by atoms with Crippen LogP contribution in [-0.4, -0.2) is 24.6 Å². The van der Waals surface area contributed by atoms with Crippen LogP contribution in [0.15, 0.2) is 24.9 Å². The number of imidazole rings is 1. The minimum Gasteiger partial charge on any atom is -0.344 e. The zero-order valence-electron chi connectivity index (χ0n) is 6.10. The molecule has 3 aromatic heterocycles. The van der Waals surface area contributed by atoms with Gasteiger partial charge >= 0.3 is 0 Å². The van der Waals surface area contributed by atoms with Gasteiger partial charge in [0, 0.05) is 6.20 Å². The molecule has 3 heterocycles. The molecule has 3 aromatic rings. The molecular formula is C7H5N5. The number of hydrogen-bond donors (Lipinski definition) is 1. The molecule has 0 amide bonds. The Morgan fingerprint density at radius 2 is 2.33 bits per heavy atom. The number of aromatic nitrogens is 5. The Hall–Kier alpha value is -1.91. The first-order valence-corrected chi connectivity index (χ1v) is 3.56. The Kier molecular flexibility index (Phi) is 0.864. The Labute approximate surface area is 67.1 Å². The van der Waals surface area contributed by atoms with Crippen molar-refractivity contribution in [3.05, 3.63) is 24.9 Å². The summed E-state index contributed by atoms with van der Waals surface area (Å²) in [7, 11) is 0. The fourth-order valence-corrected chi connectivity index (χ4v) is 1.28. The average molecular weight is 159 g/mol. The molecule has 0 atom stereocenters. The summed E-state index contributed by atoms with van der Waals surface area (Å²) >= 11 is 0. The van der Waals surface area contributed by atoms with E-state index in [-0.39, 0.29) is 0 Å². The molecule has 0 radical (unpaired) electrons. The second-order valence-electron chi connectivity index (χ2n) is 2.51. The highest BCUT2D eigenvalue weighted by molar-refractivity contribution is 5.87. The highest BCUT2D eigenvalue weighted by Crippen LogP contribution is 2.12. The molecule has 12 heavy (non-hydrogen) atoms. The Bertz CT molecular complexity index is 485. The number of hydrogen-bond acceptors (Lipinski definition) is 3. The van der Waals surface area contributed by atoms with Crippen LogP contribution in [-0.2, 0) is 0 Å². The van der Waals surface area contributed by atoms with Gasteiger partial charge in [0.2, 0.25) is 0 Å². The van der Waals surface area contributed by atoms with Crippen molar-refractivity contribution in [2.45, 2.75) is 0 Å². The molecule has 0 aliphatic carbocycles. The van der Waals surface area contributed by atoms with E-state index in [0.29, 0.717) is 0 Å². The number of nitrogens with one attached hydrogen (secondary N) is 1. The normalized spacial score (nSPS) is 11.3. The average Bonchev–Trinajstić information content (AvgIpc) is 2.71. The van der Waals surface area contributed by atoms with Gasteiger partial charge in [0.05, 0.1) is 11.8 Å². The molecule has 0 spiro atoms. The lowest BCUT2D eigenvalue weighted by molar-refractivity contribution is 0.965. The molecule has 0 aliphatic rings. The first kappa shape index (κ1) is 5.70. The van der Waals surface area contributed by atoms with Crippen LogP contribution in [0.5, 0.6) is 0 Å². The summed E-state index contributed by atoms with van der Waals surface area (Å²) in [5, 5.41) is 4.00. The van der Waals surface area contributed by atoms with Gasteiger partial charge in [0.15, 0.2) is 5.65 Å². The van der Waals surface area contributed by atoms with E-state index in [1.54, 1.807) is 10.8 Å². The van der Waals surface area contributed by atoms with Gasteiger partial charge in [-0.1, -0.05) is 0 Å². The monoisotopic (exact) mass is 159 g/mol. The van der Waals surface area contributed by atoms with Crippen molar-refractivity contribution in [2.24, 2.45) is 0 Å². The molecular weight excluding hydrogens is 154 g/mol. The lowest BCUT2D eigenvalue weighted by atomic mass is 10.4. The van der Waals surface area contributed by atoms with E-state index in [1.165, 1.54) is 6.33 Å². The highest BCUT2D eigenvalue weighted by Gasteiger charge is 2.02. The summed E-state index contributed by atoms with van der Waals surface area (Å²) in [5.74, 6) is 0. The van der Waals surface area contributed by atoms with E-state index in [1.807, 2.05) is 12.3 Å². The number of pyridine rings is 1. The SMILES string of the molecule is c1nc2c3nc[nH]c3ccn2n1. The lowest BCUT2D eigenvalue weighted by Gasteiger charge is -1.90. The van der Waals surface area contributed by atoms with Gasteiger partial charge in [-0.3, -0.25) is 0 Å². The largest absolute Gasteiger partial charge is 0.344 e. The first-order valence-electron chi connectivity index (χ1n) is 3.56. The summed E-state index contributed by atoms with van der Waals surface area (Å²) in [6.07, 6.45) is 5.02. The summed E-state index contributed by atoms with van der Waals surface area (Å²) in [4.78, 5) is 11.2. The van der Waals surface area contributed by atoms with Gasteiger partial charge in [-0.25, -0.2) is 14.5 Å². The van der Waals surface area contributed by atoms with Crippen LogP contribution in [0, 0.1) is 0 Å². The lowest BCUT2D eigenvalue weighted by Crippen LogP contribution is -1.86. The molecule has 0 unspecified atom stereocenters. The van der Waals surface area contributed by atoms with Crippen LogP contribution in [0.25, 0.3) is 16.7 Å². The van der Waals surface area contributed by atoms with E-state index in [9.17, 15) is 0 Å². The quantitative estimate of drug-likeness (QED) is 0.522. The van der Waals surface area contributed by atoms with Crippen molar-refractivity contribution in [3.63, 3.8) is 0 Å². The maximum Gasteiger partial charge on any atom is 0.183 e. The molecule has 3 rings (SSSR count). The van der Waals surface area contributed by atoms with Gasteiger partial charge in [0.25, 0.3) is 0 Å². The van der Waals surface area contributed by atoms with Gasteiger partial charge in [0.1, 0.15) is 11.8 Å². The third-order valence-electron chi connectivity index (χ3n) is 1.84. The molecule has 0 aromatic carbocycles. The minimum absolute atomic E-state index is 0.786. The predicted molar refractivity (Wildman–Crippen MR) is 42.6 cm³/mol. The molecule has 1 N–H and O–H groups in total. The number of rotatable bonds is 0. The molecule has 0 bridgehead atoms. The summed E-state index contributed by atoms with van der Waals surface area (Å²) in [6, 6.07) is 1.92. The molecule has 0 saturated heterocycles. The maximum absolute atomic E-state index is 4.14. The van der Waals surface area contributed by atoms with E-state index in [2.05, 4.69) is 20.1 Å². The molecule has 0 saturated carbocycles. The van der Waals surface area contributed by atoms with E-state index >= 15 is 0 Å². The van der Waals surface area contributed by atoms with Crippen molar-refractivity contribution >= 4 is 16.7 Å². The molecule has 0 fully saturated rings. The third kappa shape index (κ3) is 0.554. The number of H-pyrrole nitrogens is 1. The topological polar surface area (TPSA) is 58.9 Å². The first-order chi connectivity index (χ1) is 5.95. The molecule has 0 aliphatic heterocycles. The van der Waals surface area contributed by atoms with Crippen molar-refractivity contribution in [1.82, 2.24) is 24.6 Å². The maximum atomic E-state index is 4.14. The smallest absolute Gasteiger partial charge is 0.183 e. The van der Waals surface area contributed by atoms with Crippen LogP contribution in [0.1, 0.15) is 0 Å². The van der Waals surface area contributed by atoms with Crippen LogP contribution < -0.4 is 0 Å². The second-order valence-corrected chi connectivity index (χ2v) is 2.51. The standard InChI is InChI=1S/C7H5N5/c1-2-12-7(10-4-11-12)6-5(1)8-3-9-6/h1-4H,(H,8,9). The van der Waals surface area contributed by atoms with E-state index in [4.69, 9.17) is 0 Å². The van der Waals surface area contributed by atoms with Gasteiger partial charge in [-0.15, -0.1) is 0 Å². The van der Waals surface area contributed by atoms with E-state index < -0.39 is 0 Å². The van der Waals surface area contributed by atoms with Crippen molar-refractivity contribution in [3.8, 4) is 0 Å².